The molecule has 0 aromatic heterocycles. The number of benzene rings is 1. The maximum Gasteiger partial charge on any atom is 0.525 e. The molecule has 2 rings (SSSR count). The van der Waals surface area contributed by atoms with E-state index in [9.17, 15) is 4.79 Å². The second-order valence-electron chi connectivity index (χ2n) is 7.08. The molecule has 26 heavy (non-hydrogen) atoms. The van der Waals surface area contributed by atoms with Gasteiger partial charge in [0.1, 0.15) is 5.73 Å². The molecule has 1 aromatic carbocycles. The molecule has 1 aliphatic rings. The first-order valence-corrected chi connectivity index (χ1v) is 8.59. The van der Waals surface area contributed by atoms with E-state index >= 15 is 4.39 Å². The van der Waals surface area contributed by atoms with Crippen molar-refractivity contribution >= 4 is 18.7 Å². The van der Waals surface area contributed by atoms with Gasteiger partial charge in [0.2, 0.25) is 0 Å². The molecule has 1 aliphatic heterocycles. The lowest BCUT2D eigenvalue weighted by atomic mass is 9.82. The Hall–Kier alpha value is -2.10. The van der Waals surface area contributed by atoms with Gasteiger partial charge in [-0.15, -0.1) is 0 Å². The van der Waals surface area contributed by atoms with E-state index in [0.29, 0.717) is 16.7 Å². The van der Waals surface area contributed by atoms with Crippen LogP contribution in [0.15, 0.2) is 30.0 Å². The van der Waals surface area contributed by atoms with E-state index in [1.807, 2.05) is 27.7 Å². The highest BCUT2D eigenvalue weighted by Gasteiger charge is 2.53. The molecule has 1 saturated heterocycles. The molecule has 0 unspecified atom stereocenters. The van der Waals surface area contributed by atoms with Crippen molar-refractivity contribution in [1.29, 1.82) is 0 Å². The largest absolute Gasteiger partial charge is 0.525 e. The molecule has 0 amide bonds. The molecule has 0 saturated carbocycles. The molecular formula is C20H24BFO4. The molecule has 4 nitrogen and oxygen atoms in total. The van der Waals surface area contributed by atoms with E-state index in [4.69, 9.17) is 14.0 Å². The lowest BCUT2D eigenvalue weighted by Gasteiger charge is -2.32. The van der Waals surface area contributed by atoms with Crippen molar-refractivity contribution in [1.82, 2.24) is 0 Å². The van der Waals surface area contributed by atoms with Crippen LogP contribution in [0.4, 0.5) is 4.39 Å². The maximum atomic E-state index is 15.1. The standard InChI is InChI=1S/C20H24BFO4/c1-7-24-17(23)13-12-15-10-8-9-11-16(15)14(2)18(22)21-25-19(3,4)20(5,6)26-21/h8-11H,7H2,1-6H3. The van der Waals surface area contributed by atoms with Crippen LogP contribution in [0.5, 0.6) is 0 Å². The molecule has 0 bridgehead atoms. The number of rotatable bonds is 3. The highest BCUT2D eigenvalue weighted by atomic mass is 19.1. The Morgan fingerprint density at radius 3 is 2.35 bits per heavy atom. The number of allylic oxidation sites excluding steroid dienone is 1. The first-order valence-electron chi connectivity index (χ1n) is 8.59. The van der Waals surface area contributed by atoms with Crippen LogP contribution < -0.4 is 0 Å². The van der Waals surface area contributed by atoms with Gasteiger partial charge >= 0.3 is 13.1 Å². The van der Waals surface area contributed by atoms with E-state index in [1.54, 1.807) is 38.1 Å². The van der Waals surface area contributed by atoms with Gasteiger partial charge in [-0.25, -0.2) is 9.18 Å². The number of halogens is 1. The number of carbonyl (C=O) groups is 1. The molecule has 138 valence electrons. The fraction of sp³-hybridized carbons (Fsp3) is 0.450. The lowest BCUT2D eigenvalue weighted by molar-refractivity contribution is -0.136. The van der Waals surface area contributed by atoms with Crippen LogP contribution in [0.3, 0.4) is 0 Å². The Morgan fingerprint density at radius 1 is 1.19 bits per heavy atom. The molecule has 0 spiro atoms. The minimum atomic E-state index is -1.08. The van der Waals surface area contributed by atoms with Crippen molar-refractivity contribution < 1.29 is 23.2 Å². The van der Waals surface area contributed by atoms with Gasteiger partial charge in [-0.05, 0) is 58.7 Å². The second-order valence-corrected chi connectivity index (χ2v) is 7.08. The number of carbonyl (C=O) groups excluding carboxylic acids is 1. The summed E-state index contributed by atoms with van der Waals surface area (Å²) in [7, 11) is -1.08. The van der Waals surface area contributed by atoms with Crippen molar-refractivity contribution in [3.05, 3.63) is 41.1 Å². The number of ether oxygens (including phenoxy) is 1. The van der Waals surface area contributed by atoms with Gasteiger partial charge in [0, 0.05) is 11.5 Å². The molecule has 0 aliphatic carbocycles. The van der Waals surface area contributed by atoms with Gasteiger partial charge in [0.05, 0.1) is 17.8 Å². The minimum Gasteiger partial charge on any atom is -0.456 e. The Bertz CT molecular complexity index is 770. The van der Waals surface area contributed by atoms with Crippen molar-refractivity contribution in [2.75, 3.05) is 6.61 Å². The van der Waals surface area contributed by atoms with Crippen LogP contribution in [0, 0.1) is 11.8 Å². The predicted molar refractivity (Wildman–Crippen MR) is 99.7 cm³/mol. The minimum absolute atomic E-state index is 0.255. The Balaban J connectivity index is 2.36. The summed E-state index contributed by atoms with van der Waals surface area (Å²) in [5, 5.41) is 0. The Labute approximate surface area is 154 Å². The SMILES string of the molecule is CCOC(=O)C#Cc1ccccc1C(C)=C(F)B1OC(C)(C)C(C)(C)O1. The van der Waals surface area contributed by atoms with Crippen LogP contribution in [0.25, 0.3) is 5.57 Å². The van der Waals surface area contributed by atoms with Crippen LogP contribution in [0.2, 0.25) is 0 Å². The topological polar surface area (TPSA) is 44.8 Å². The molecule has 1 heterocycles. The van der Waals surface area contributed by atoms with Crippen LogP contribution in [-0.2, 0) is 18.8 Å². The van der Waals surface area contributed by atoms with Crippen molar-refractivity contribution in [3.63, 3.8) is 0 Å². The summed E-state index contributed by atoms with van der Waals surface area (Å²) in [4.78, 5) is 11.5. The van der Waals surface area contributed by atoms with Gasteiger partial charge in [-0.1, -0.05) is 24.1 Å². The number of hydrogen-bond donors (Lipinski definition) is 0. The zero-order chi connectivity index (χ0) is 19.5. The van der Waals surface area contributed by atoms with Gasteiger partial charge in [-0.2, -0.15) is 0 Å². The Morgan fingerprint density at radius 2 is 1.77 bits per heavy atom. The quantitative estimate of drug-likeness (QED) is 0.467. The van der Waals surface area contributed by atoms with Gasteiger partial charge < -0.3 is 14.0 Å². The number of hydrogen-bond acceptors (Lipinski definition) is 4. The predicted octanol–water partition coefficient (Wildman–Crippen LogP) is 3.93. The van der Waals surface area contributed by atoms with E-state index in [0.717, 1.165) is 0 Å². The molecule has 6 heteroatoms. The third kappa shape index (κ3) is 4.17. The number of esters is 1. The first-order chi connectivity index (χ1) is 12.1. The summed E-state index contributed by atoms with van der Waals surface area (Å²) in [6.45, 7) is 11.1. The van der Waals surface area contributed by atoms with Crippen LogP contribution in [-0.4, -0.2) is 30.9 Å². The summed E-state index contributed by atoms with van der Waals surface area (Å²) >= 11 is 0. The summed E-state index contributed by atoms with van der Waals surface area (Å²) < 4.78 is 31.4. The summed E-state index contributed by atoms with van der Waals surface area (Å²) in [6.07, 6.45) is 0. The van der Waals surface area contributed by atoms with Gasteiger partial charge in [0.15, 0.2) is 0 Å². The van der Waals surface area contributed by atoms with Gasteiger partial charge in [0.25, 0.3) is 0 Å². The van der Waals surface area contributed by atoms with Gasteiger partial charge in [-0.3, -0.25) is 0 Å². The molecule has 0 radical (unpaired) electrons. The summed E-state index contributed by atoms with van der Waals surface area (Å²) in [5.74, 6) is 4.55. The lowest BCUT2D eigenvalue weighted by Crippen LogP contribution is -2.41. The van der Waals surface area contributed by atoms with E-state index in [-0.39, 0.29) is 6.61 Å². The van der Waals surface area contributed by atoms with Crippen molar-refractivity contribution in [2.24, 2.45) is 0 Å². The molecule has 1 fully saturated rings. The zero-order valence-electron chi connectivity index (χ0n) is 16.1. The normalized spacial score (nSPS) is 18.7. The highest BCUT2D eigenvalue weighted by molar-refractivity contribution is 6.55. The fourth-order valence-electron chi connectivity index (χ4n) is 2.46. The molecule has 1 aromatic rings. The highest BCUT2D eigenvalue weighted by Crippen LogP contribution is 2.40. The third-order valence-electron chi connectivity index (χ3n) is 4.72. The van der Waals surface area contributed by atoms with Crippen LogP contribution in [0.1, 0.15) is 52.7 Å². The van der Waals surface area contributed by atoms with Crippen molar-refractivity contribution in [2.45, 2.75) is 52.7 Å². The van der Waals surface area contributed by atoms with E-state index < -0.39 is 30.0 Å². The average molecular weight is 358 g/mol. The molecular weight excluding hydrogens is 334 g/mol. The monoisotopic (exact) mass is 358 g/mol. The molecule has 0 atom stereocenters. The molecule has 0 N–H and O–H groups in total. The Kier molecular flexibility index (Phi) is 5.95. The van der Waals surface area contributed by atoms with E-state index in [2.05, 4.69) is 11.8 Å². The smallest absolute Gasteiger partial charge is 0.456 e. The van der Waals surface area contributed by atoms with Crippen LogP contribution >= 0.6 is 0 Å². The maximum absolute atomic E-state index is 15.1. The fourth-order valence-corrected chi connectivity index (χ4v) is 2.46. The first kappa shape index (κ1) is 20.2. The summed E-state index contributed by atoms with van der Waals surface area (Å²) in [6, 6.07) is 7.03. The van der Waals surface area contributed by atoms with Crippen molar-refractivity contribution in [3.8, 4) is 11.8 Å². The van der Waals surface area contributed by atoms with E-state index in [1.165, 1.54) is 0 Å². The zero-order valence-corrected chi connectivity index (χ0v) is 16.1. The summed E-state index contributed by atoms with van der Waals surface area (Å²) in [5.41, 5.74) is -0.288. The average Bonchev–Trinajstić information content (AvgIpc) is 2.80. The second kappa shape index (κ2) is 7.65. The third-order valence-corrected chi connectivity index (χ3v) is 4.72.